The number of carbonyl (C=O) groups is 1. The minimum absolute atomic E-state index is 0.165. The number of carbonyl (C=O) groups excluding carboxylic acids is 1. The van der Waals surface area contributed by atoms with Gasteiger partial charge in [-0.25, -0.2) is 8.57 Å². The summed E-state index contributed by atoms with van der Waals surface area (Å²) in [5.74, 6) is -4.15. The van der Waals surface area contributed by atoms with Crippen molar-refractivity contribution >= 4 is 16.1 Å². The van der Waals surface area contributed by atoms with Gasteiger partial charge in [0.15, 0.2) is 0 Å². The minimum atomic E-state index is -6.21. The number of benzene rings is 1. The van der Waals surface area contributed by atoms with Crippen LogP contribution >= 0.6 is 0 Å². The SMILES string of the molecule is C=CCO[C@H]1[C@H](C)OC(=O)[C@@H](N)CCO[C@]1(Cc1ccc(F)cc1)OS(=O)(=O)C(F)(F)F. The number of cyclic esters (lactones) is 1. The van der Waals surface area contributed by atoms with Crippen molar-refractivity contribution in [2.24, 2.45) is 5.73 Å². The molecular weight excluding hydrogens is 462 g/mol. The largest absolute Gasteiger partial charge is 0.523 e. The molecule has 0 amide bonds. The van der Waals surface area contributed by atoms with Crippen LogP contribution < -0.4 is 5.73 Å². The zero-order valence-electron chi connectivity index (χ0n) is 17.0. The molecule has 0 bridgehead atoms. The number of nitrogens with two attached hydrogens (primary N) is 1. The standard InChI is InChI=1S/C19H23F4NO7S/c1-3-9-28-16-12(2)30-17(25)15(24)8-10-29-18(16,31-32(26,27)19(21,22)23)11-13-4-6-14(20)7-5-13/h3-7,12,15-16H,1,8-11,24H2,2H3/t12-,15-,16-,18+/m0/s1. The van der Waals surface area contributed by atoms with Gasteiger partial charge in [0.1, 0.15) is 24.1 Å². The maximum absolute atomic E-state index is 13.3. The van der Waals surface area contributed by atoms with Gasteiger partial charge in [0.2, 0.25) is 5.79 Å². The van der Waals surface area contributed by atoms with E-state index in [1.807, 2.05) is 0 Å². The van der Waals surface area contributed by atoms with Gasteiger partial charge in [-0.05, 0) is 31.0 Å². The molecular formula is C19H23F4NO7S. The summed E-state index contributed by atoms with van der Waals surface area (Å²) in [5.41, 5.74) is 0.0640. The van der Waals surface area contributed by atoms with E-state index in [9.17, 15) is 30.8 Å². The molecule has 0 radical (unpaired) electrons. The van der Waals surface area contributed by atoms with Crippen LogP contribution in [0.1, 0.15) is 18.9 Å². The summed E-state index contributed by atoms with van der Waals surface area (Å²) in [4.78, 5) is 12.1. The molecule has 180 valence electrons. The molecule has 0 aromatic heterocycles. The van der Waals surface area contributed by atoms with E-state index >= 15 is 0 Å². The molecule has 1 fully saturated rings. The maximum atomic E-state index is 13.3. The van der Waals surface area contributed by atoms with E-state index in [2.05, 4.69) is 10.8 Å². The van der Waals surface area contributed by atoms with Gasteiger partial charge in [-0.15, -0.1) is 6.58 Å². The third kappa shape index (κ3) is 6.25. The first kappa shape index (κ1) is 26.2. The Labute approximate surface area is 182 Å². The molecule has 1 heterocycles. The van der Waals surface area contributed by atoms with Crippen LogP contribution in [0.2, 0.25) is 0 Å². The predicted molar refractivity (Wildman–Crippen MR) is 103 cm³/mol. The van der Waals surface area contributed by atoms with Gasteiger partial charge >= 0.3 is 21.6 Å². The Kier molecular flexibility index (Phi) is 8.39. The Morgan fingerprint density at radius 2 is 1.94 bits per heavy atom. The lowest BCUT2D eigenvalue weighted by Gasteiger charge is -2.40. The zero-order valence-corrected chi connectivity index (χ0v) is 17.8. The van der Waals surface area contributed by atoms with E-state index in [0.29, 0.717) is 0 Å². The lowest BCUT2D eigenvalue weighted by atomic mass is 9.96. The van der Waals surface area contributed by atoms with E-state index in [1.54, 1.807) is 0 Å². The maximum Gasteiger partial charge on any atom is 0.523 e. The molecule has 0 saturated carbocycles. The van der Waals surface area contributed by atoms with Gasteiger partial charge in [0.05, 0.1) is 13.2 Å². The Bertz CT molecular complexity index is 907. The molecule has 2 rings (SSSR count). The summed E-state index contributed by atoms with van der Waals surface area (Å²) in [6.45, 7) is 3.96. The number of ether oxygens (including phenoxy) is 3. The fourth-order valence-corrected chi connectivity index (χ4v) is 3.72. The quantitative estimate of drug-likeness (QED) is 0.206. The average Bonchev–Trinajstić information content (AvgIpc) is 2.71. The van der Waals surface area contributed by atoms with Gasteiger partial charge in [-0.3, -0.25) is 4.79 Å². The highest BCUT2D eigenvalue weighted by Crippen LogP contribution is 2.37. The molecule has 1 aromatic rings. The average molecular weight is 485 g/mol. The topological polar surface area (TPSA) is 114 Å². The highest BCUT2D eigenvalue weighted by molar-refractivity contribution is 7.87. The van der Waals surface area contributed by atoms with Crippen LogP contribution in [-0.2, 0) is 39.7 Å². The van der Waals surface area contributed by atoms with Crippen molar-refractivity contribution in [3.8, 4) is 0 Å². The van der Waals surface area contributed by atoms with Crippen molar-refractivity contribution in [3.63, 3.8) is 0 Å². The van der Waals surface area contributed by atoms with Crippen molar-refractivity contribution in [2.45, 2.75) is 49.3 Å². The van der Waals surface area contributed by atoms with E-state index in [-0.39, 0.29) is 18.6 Å². The Morgan fingerprint density at radius 1 is 1.31 bits per heavy atom. The number of esters is 1. The van der Waals surface area contributed by atoms with Gasteiger partial charge in [0.25, 0.3) is 0 Å². The normalized spacial score (nSPS) is 27.7. The molecule has 32 heavy (non-hydrogen) atoms. The molecule has 1 aliphatic rings. The van der Waals surface area contributed by atoms with Crippen molar-refractivity contribution in [2.75, 3.05) is 13.2 Å². The van der Waals surface area contributed by atoms with Crippen LogP contribution in [0.5, 0.6) is 0 Å². The first-order chi connectivity index (χ1) is 14.8. The Hall–Kier alpha value is -2.06. The Balaban J connectivity index is 2.64. The highest BCUT2D eigenvalue weighted by Gasteiger charge is 2.57. The second-order valence-corrected chi connectivity index (χ2v) is 8.56. The van der Waals surface area contributed by atoms with Gasteiger partial charge < -0.3 is 19.9 Å². The molecule has 1 aromatic carbocycles. The first-order valence-electron chi connectivity index (χ1n) is 9.40. The number of alkyl halides is 3. The molecule has 4 atom stereocenters. The van der Waals surface area contributed by atoms with Crippen molar-refractivity contribution in [3.05, 3.63) is 48.3 Å². The lowest BCUT2D eigenvalue weighted by molar-refractivity contribution is -0.267. The van der Waals surface area contributed by atoms with Crippen LogP contribution in [0.15, 0.2) is 36.9 Å². The van der Waals surface area contributed by atoms with Crippen LogP contribution in [0.25, 0.3) is 0 Å². The molecule has 8 nitrogen and oxygen atoms in total. The summed E-state index contributed by atoms with van der Waals surface area (Å²) >= 11 is 0. The van der Waals surface area contributed by atoms with Gasteiger partial charge in [0, 0.05) is 6.42 Å². The fraction of sp³-hybridized carbons (Fsp3) is 0.526. The fourth-order valence-electron chi connectivity index (χ4n) is 3.06. The summed E-state index contributed by atoms with van der Waals surface area (Å²) in [6, 6.07) is 3.29. The monoisotopic (exact) mass is 485 g/mol. The number of hydrogen-bond acceptors (Lipinski definition) is 8. The third-order valence-corrected chi connectivity index (χ3v) is 5.60. The van der Waals surface area contributed by atoms with Crippen LogP contribution in [0.4, 0.5) is 17.6 Å². The second-order valence-electron chi connectivity index (χ2n) is 7.03. The van der Waals surface area contributed by atoms with Crippen molar-refractivity contribution in [1.82, 2.24) is 0 Å². The number of hydrogen-bond donors (Lipinski definition) is 1. The van der Waals surface area contributed by atoms with Crippen LogP contribution in [0.3, 0.4) is 0 Å². The van der Waals surface area contributed by atoms with Crippen molar-refractivity contribution in [1.29, 1.82) is 0 Å². The molecule has 0 spiro atoms. The predicted octanol–water partition coefficient (Wildman–Crippen LogP) is 2.18. The van der Waals surface area contributed by atoms with E-state index in [1.165, 1.54) is 25.1 Å². The summed E-state index contributed by atoms with van der Waals surface area (Å²) in [5, 5.41) is 0. The summed E-state index contributed by atoms with van der Waals surface area (Å²) in [7, 11) is -6.21. The second kappa shape index (κ2) is 10.3. The highest BCUT2D eigenvalue weighted by atomic mass is 32.2. The number of rotatable bonds is 7. The van der Waals surface area contributed by atoms with Gasteiger partial charge in [-0.1, -0.05) is 18.2 Å². The lowest BCUT2D eigenvalue weighted by Crippen LogP contribution is -2.57. The first-order valence-corrected chi connectivity index (χ1v) is 10.8. The smallest absolute Gasteiger partial charge is 0.459 e. The third-order valence-electron chi connectivity index (χ3n) is 4.53. The van der Waals surface area contributed by atoms with Gasteiger partial charge in [-0.2, -0.15) is 21.6 Å². The van der Waals surface area contributed by atoms with Crippen LogP contribution in [-0.4, -0.2) is 57.1 Å². The molecule has 13 heteroatoms. The summed E-state index contributed by atoms with van der Waals surface area (Å²) < 4.78 is 97.9. The zero-order chi connectivity index (χ0) is 24.2. The van der Waals surface area contributed by atoms with Crippen molar-refractivity contribution < 1.29 is 49.2 Å². The molecule has 0 aliphatic carbocycles. The minimum Gasteiger partial charge on any atom is -0.459 e. The summed E-state index contributed by atoms with van der Waals surface area (Å²) in [6.07, 6.45) is -2.61. The molecule has 2 N–H and O–H groups in total. The molecule has 0 unspecified atom stereocenters. The Morgan fingerprint density at radius 3 is 2.50 bits per heavy atom. The molecule has 1 saturated heterocycles. The molecule has 1 aliphatic heterocycles. The van der Waals surface area contributed by atoms with E-state index in [0.717, 1.165) is 12.1 Å². The number of halogens is 4. The van der Waals surface area contributed by atoms with E-state index in [4.69, 9.17) is 19.9 Å². The van der Waals surface area contributed by atoms with Crippen LogP contribution in [0, 0.1) is 5.82 Å². The van der Waals surface area contributed by atoms with E-state index < -0.39 is 64.5 Å².